The fourth-order valence-electron chi connectivity index (χ4n) is 2.43. The van der Waals surface area contributed by atoms with Crippen LogP contribution in [0, 0.1) is 0 Å². The molecular weight excluding hydrogens is 306 g/mol. The van der Waals surface area contributed by atoms with Gasteiger partial charge in [0.05, 0.1) is 7.11 Å². The third-order valence-electron chi connectivity index (χ3n) is 3.82. The highest BCUT2D eigenvalue weighted by Gasteiger charge is 1.98. The number of hydrogen-bond donors (Lipinski definition) is 0. The highest BCUT2D eigenvalue weighted by Crippen LogP contribution is 2.18. The van der Waals surface area contributed by atoms with Gasteiger partial charge >= 0.3 is 0 Å². The van der Waals surface area contributed by atoms with Crippen LogP contribution in [0.2, 0.25) is 0 Å². The molecule has 0 saturated heterocycles. The van der Waals surface area contributed by atoms with E-state index in [0.29, 0.717) is 0 Å². The molecule has 0 amide bonds. The van der Waals surface area contributed by atoms with Crippen molar-refractivity contribution in [2.24, 2.45) is 0 Å². The van der Waals surface area contributed by atoms with Crippen molar-refractivity contribution in [2.75, 3.05) is 12.0 Å². The highest BCUT2D eigenvalue weighted by atomic mass is 16.5. The van der Waals surface area contributed by atoms with E-state index in [4.69, 9.17) is 4.74 Å². The lowest BCUT2D eigenvalue weighted by Gasteiger charge is -2.15. The van der Waals surface area contributed by atoms with E-state index >= 15 is 0 Å². The molecule has 3 aromatic rings. The van der Waals surface area contributed by atoms with Gasteiger partial charge in [-0.3, -0.25) is 0 Å². The number of hydrogen-bond acceptors (Lipinski definition) is 2. The lowest BCUT2D eigenvalue weighted by atomic mass is 10.2. The second-order valence-corrected chi connectivity index (χ2v) is 5.56. The van der Waals surface area contributed by atoms with E-state index in [1.165, 1.54) is 5.56 Å². The van der Waals surface area contributed by atoms with Crippen LogP contribution in [0.3, 0.4) is 0 Å². The smallest absolute Gasteiger partial charge is 0.118 e. The zero-order valence-electron chi connectivity index (χ0n) is 14.2. The van der Waals surface area contributed by atoms with Crippen molar-refractivity contribution in [3.05, 3.63) is 108 Å². The Kier molecular flexibility index (Phi) is 5.68. The van der Waals surface area contributed by atoms with Crippen LogP contribution in [0.1, 0.15) is 11.1 Å². The van der Waals surface area contributed by atoms with Gasteiger partial charge in [-0.25, -0.2) is 0 Å². The van der Waals surface area contributed by atoms with Crippen LogP contribution >= 0.6 is 0 Å². The summed E-state index contributed by atoms with van der Waals surface area (Å²) in [5.74, 6) is 0.862. The summed E-state index contributed by atoms with van der Waals surface area (Å²) in [6.45, 7) is 0. The van der Waals surface area contributed by atoms with Crippen molar-refractivity contribution in [1.29, 1.82) is 0 Å². The second kappa shape index (κ2) is 8.55. The molecule has 25 heavy (non-hydrogen) atoms. The van der Waals surface area contributed by atoms with E-state index in [1.807, 2.05) is 60.7 Å². The maximum atomic E-state index is 5.21. The van der Waals surface area contributed by atoms with Crippen molar-refractivity contribution >= 4 is 17.8 Å². The molecule has 0 spiro atoms. The van der Waals surface area contributed by atoms with Crippen molar-refractivity contribution in [1.82, 2.24) is 0 Å². The standard InChI is InChI=1S/C23H21NO/c1-25-23-14-12-21(13-15-23)17-19-24(22-10-6-3-7-11-22)18-16-20-8-4-2-5-9-20/h2-19H,1H3. The van der Waals surface area contributed by atoms with E-state index in [9.17, 15) is 0 Å². The van der Waals surface area contributed by atoms with Crippen molar-refractivity contribution < 1.29 is 4.74 Å². The van der Waals surface area contributed by atoms with Crippen LogP contribution < -0.4 is 9.64 Å². The monoisotopic (exact) mass is 327 g/mol. The average molecular weight is 327 g/mol. The quantitative estimate of drug-likeness (QED) is 0.563. The first-order chi connectivity index (χ1) is 12.3. The minimum absolute atomic E-state index is 0.862. The fraction of sp³-hybridized carbons (Fsp3) is 0.0435. The van der Waals surface area contributed by atoms with Crippen LogP contribution in [0.5, 0.6) is 5.75 Å². The van der Waals surface area contributed by atoms with Gasteiger partial charge in [0.1, 0.15) is 5.75 Å². The third-order valence-corrected chi connectivity index (χ3v) is 3.82. The van der Waals surface area contributed by atoms with Crippen LogP contribution in [0.15, 0.2) is 97.3 Å². The summed E-state index contributed by atoms with van der Waals surface area (Å²) in [7, 11) is 1.68. The van der Waals surface area contributed by atoms with Gasteiger partial charge in [-0.15, -0.1) is 0 Å². The number of para-hydroxylation sites is 1. The predicted octanol–water partition coefficient (Wildman–Crippen LogP) is 5.84. The van der Waals surface area contributed by atoms with E-state index in [0.717, 1.165) is 17.0 Å². The molecule has 0 fully saturated rings. The molecule has 0 aliphatic heterocycles. The second-order valence-electron chi connectivity index (χ2n) is 5.56. The molecule has 3 rings (SSSR count). The summed E-state index contributed by atoms with van der Waals surface area (Å²) >= 11 is 0. The molecule has 0 radical (unpaired) electrons. The Morgan fingerprint density at radius 2 is 1.16 bits per heavy atom. The molecule has 0 bridgehead atoms. The summed E-state index contributed by atoms with van der Waals surface area (Å²) in [5.41, 5.74) is 3.40. The van der Waals surface area contributed by atoms with E-state index in [2.05, 4.69) is 53.7 Å². The Morgan fingerprint density at radius 3 is 1.72 bits per heavy atom. The van der Waals surface area contributed by atoms with Gasteiger partial charge in [0.2, 0.25) is 0 Å². The minimum Gasteiger partial charge on any atom is -0.497 e. The number of anilines is 1. The topological polar surface area (TPSA) is 12.5 Å². The lowest BCUT2D eigenvalue weighted by molar-refractivity contribution is 0.415. The lowest BCUT2D eigenvalue weighted by Crippen LogP contribution is -2.06. The first kappa shape index (κ1) is 16.6. The Morgan fingerprint density at radius 1 is 0.640 bits per heavy atom. The summed E-state index contributed by atoms with van der Waals surface area (Å²) in [6, 6.07) is 28.6. The van der Waals surface area contributed by atoms with Gasteiger partial charge in [-0.1, -0.05) is 60.7 Å². The molecule has 2 nitrogen and oxygen atoms in total. The molecule has 0 aliphatic rings. The molecule has 2 heteroatoms. The third kappa shape index (κ3) is 4.85. The maximum absolute atomic E-state index is 5.21. The Labute approximate surface area is 149 Å². The van der Waals surface area contributed by atoms with E-state index in [1.54, 1.807) is 7.11 Å². The zero-order valence-corrected chi connectivity index (χ0v) is 14.2. The summed E-state index contributed by atoms with van der Waals surface area (Å²) < 4.78 is 5.21. The normalized spacial score (nSPS) is 11.1. The molecule has 0 unspecified atom stereocenters. The Balaban J connectivity index is 1.83. The number of ether oxygens (including phenoxy) is 1. The molecular formula is C23H21NO. The van der Waals surface area contributed by atoms with Crippen molar-refractivity contribution in [3.8, 4) is 5.75 Å². The molecule has 0 aliphatic carbocycles. The Bertz CT molecular complexity index is 821. The van der Waals surface area contributed by atoms with Gasteiger partial charge in [-0.2, -0.15) is 0 Å². The fourth-order valence-corrected chi connectivity index (χ4v) is 2.43. The van der Waals surface area contributed by atoms with Gasteiger partial charge in [-0.05, 0) is 47.5 Å². The van der Waals surface area contributed by atoms with Crippen LogP contribution in [-0.4, -0.2) is 7.11 Å². The molecule has 0 atom stereocenters. The average Bonchev–Trinajstić information content (AvgIpc) is 2.70. The first-order valence-corrected chi connectivity index (χ1v) is 8.24. The SMILES string of the molecule is COc1ccc(C=CN(C=Cc2ccccc2)c2ccccc2)cc1. The highest BCUT2D eigenvalue weighted by molar-refractivity contribution is 5.63. The number of rotatable bonds is 6. The molecule has 0 aromatic heterocycles. The first-order valence-electron chi connectivity index (χ1n) is 8.24. The summed E-state index contributed by atoms with van der Waals surface area (Å²) in [6.07, 6.45) is 8.33. The number of methoxy groups -OCH3 is 1. The minimum atomic E-state index is 0.862. The van der Waals surface area contributed by atoms with Crippen LogP contribution in [-0.2, 0) is 0 Å². The molecule has 0 saturated carbocycles. The van der Waals surface area contributed by atoms with Crippen LogP contribution in [0.25, 0.3) is 12.2 Å². The van der Waals surface area contributed by atoms with Gasteiger partial charge < -0.3 is 9.64 Å². The zero-order chi connectivity index (χ0) is 17.3. The molecule has 0 N–H and O–H groups in total. The van der Waals surface area contributed by atoms with E-state index < -0.39 is 0 Å². The van der Waals surface area contributed by atoms with Crippen molar-refractivity contribution in [2.45, 2.75) is 0 Å². The largest absolute Gasteiger partial charge is 0.497 e. The maximum Gasteiger partial charge on any atom is 0.118 e. The Hall–Kier alpha value is -3.26. The van der Waals surface area contributed by atoms with Gasteiger partial charge in [0.25, 0.3) is 0 Å². The molecule has 124 valence electrons. The predicted molar refractivity (Wildman–Crippen MR) is 106 cm³/mol. The van der Waals surface area contributed by atoms with Gasteiger partial charge in [0, 0.05) is 18.1 Å². The van der Waals surface area contributed by atoms with Gasteiger partial charge in [0.15, 0.2) is 0 Å². The number of benzene rings is 3. The number of nitrogens with zero attached hydrogens (tertiary/aromatic N) is 1. The van der Waals surface area contributed by atoms with Crippen molar-refractivity contribution in [3.63, 3.8) is 0 Å². The van der Waals surface area contributed by atoms with Crippen LogP contribution in [0.4, 0.5) is 5.69 Å². The molecule has 0 heterocycles. The molecule has 3 aromatic carbocycles. The van der Waals surface area contributed by atoms with E-state index in [-0.39, 0.29) is 0 Å². The summed E-state index contributed by atoms with van der Waals surface area (Å²) in [4.78, 5) is 2.11. The summed E-state index contributed by atoms with van der Waals surface area (Å²) in [5, 5.41) is 0.